The summed E-state index contributed by atoms with van der Waals surface area (Å²) in [5.74, 6) is 5.27. The minimum atomic E-state index is -4.58. The van der Waals surface area contributed by atoms with Crippen LogP contribution >= 0.6 is 0 Å². The number of hydrogen-bond donors (Lipinski definition) is 1. The maximum Gasteiger partial charge on any atom is 0.416 e. The van der Waals surface area contributed by atoms with Gasteiger partial charge in [0, 0.05) is 49.5 Å². The van der Waals surface area contributed by atoms with Gasteiger partial charge in [-0.2, -0.15) is 18.3 Å². The summed E-state index contributed by atoms with van der Waals surface area (Å²) in [6.07, 6.45) is 1.32. The Hall–Kier alpha value is -4.27. The highest BCUT2D eigenvalue weighted by Crippen LogP contribution is 2.35. The number of rotatable bonds is 4. The number of carbonyl (C=O) groups is 1. The lowest BCUT2D eigenvalue weighted by molar-refractivity contribution is -0.138. The zero-order valence-corrected chi connectivity index (χ0v) is 21.2. The van der Waals surface area contributed by atoms with E-state index in [0.29, 0.717) is 30.0 Å². The van der Waals surface area contributed by atoms with Gasteiger partial charge in [0.15, 0.2) is 5.65 Å². The Balaban J connectivity index is 1.33. The van der Waals surface area contributed by atoms with Crippen molar-refractivity contribution < 1.29 is 22.7 Å². The third-order valence-electron chi connectivity index (χ3n) is 6.18. The zero-order valence-electron chi connectivity index (χ0n) is 21.2. The molecule has 4 heterocycles. The summed E-state index contributed by atoms with van der Waals surface area (Å²) >= 11 is 0. The molecule has 1 amide bonds. The van der Waals surface area contributed by atoms with E-state index >= 15 is 0 Å². The molecule has 0 spiro atoms. The number of benzene rings is 1. The lowest BCUT2D eigenvalue weighted by Crippen LogP contribution is -2.45. The predicted octanol–water partition coefficient (Wildman–Crippen LogP) is 4.40. The molecule has 8 nitrogen and oxygen atoms in total. The second-order valence-corrected chi connectivity index (χ2v) is 9.42. The first-order valence-corrected chi connectivity index (χ1v) is 12.3. The molecule has 1 aliphatic rings. The molecule has 1 aromatic carbocycles. The van der Waals surface area contributed by atoms with Crippen molar-refractivity contribution in [2.45, 2.75) is 38.8 Å². The molecule has 0 bridgehead atoms. The van der Waals surface area contributed by atoms with Crippen LogP contribution in [0.4, 0.5) is 18.9 Å². The average Bonchev–Trinajstić information content (AvgIpc) is 3.30. The molecule has 0 radical (unpaired) electrons. The topological polar surface area (TPSA) is 84.7 Å². The Morgan fingerprint density at radius 1 is 1.10 bits per heavy atom. The fraction of sp³-hybridized carbons (Fsp3) is 0.286. The summed E-state index contributed by atoms with van der Waals surface area (Å²) in [7, 11) is 0. The Labute approximate surface area is 222 Å². The Morgan fingerprint density at radius 2 is 1.90 bits per heavy atom. The van der Waals surface area contributed by atoms with Crippen LogP contribution in [0.2, 0.25) is 0 Å². The fourth-order valence-corrected chi connectivity index (χ4v) is 4.60. The molecule has 1 saturated heterocycles. The quantitative estimate of drug-likeness (QED) is 0.391. The van der Waals surface area contributed by atoms with Crippen molar-refractivity contribution in [3.05, 3.63) is 89.1 Å². The van der Waals surface area contributed by atoms with Crippen LogP contribution in [-0.4, -0.2) is 55.7 Å². The number of nitrogens with one attached hydrogen (secondary N) is 1. The highest BCUT2D eigenvalue weighted by Gasteiger charge is 2.35. The molecule has 5 rings (SSSR count). The van der Waals surface area contributed by atoms with Gasteiger partial charge in [0.05, 0.1) is 29.5 Å². The van der Waals surface area contributed by atoms with E-state index in [2.05, 4.69) is 32.2 Å². The van der Waals surface area contributed by atoms with Gasteiger partial charge in [0.1, 0.15) is 5.69 Å². The normalized spacial score (nSPS) is 18.0. The molecule has 4 aromatic rings. The van der Waals surface area contributed by atoms with E-state index in [4.69, 9.17) is 4.74 Å². The van der Waals surface area contributed by atoms with Crippen molar-refractivity contribution >= 4 is 17.2 Å². The van der Waals surface area contributed by atoms with Gasteiger partial charge in [-0.3, -0.25) is 14.7 Å². The Morgan fingerprint density at radius 3 is 2.67 bits per heavy atom. The van der Waals surface area contributed by atoms with Gasteiger partial charge >= 0.3 is 6.18 Å². The highest BCUT2D eigenvalue weighted by molar-refractivity contribution is 6.04. The highest BCUT2D eigenvalue weighted by atomic mass is 19.4. The van der Waals surface area contributed by atoms with Gasteiger partial charge in [-0.15, -0.1) is 0 Å². The summed E-state index contributed by atoms with van der Waals surface area (Å²) in [4.78, 5) is 23.1. The van der Waals surface area contributed by atoms with Gasteiger partial charge in [-0.25, -0.2) is 9.50 Å². The maximum atomic E-state index is 14.0. The number of imidazole rings is 1. The van der Waals surface area contributed by atoms with Crippen LogP contribution in [0.1, 0.15) is 46.6 Å². The average molecular weight is 535 g/mol. The molecule has 0 aliphatic carbocycles. The third kappa shape index (κ3) is 6.25. The molecule has 200 valence electrons. The molecular formula is C28H25F3N6O2. The number of carbonyl (C=O) groups excluding carboxylic acids is 1. The van der Waals surface area contributed by atoms with E-state index in [1.165, 1.54) is 30.6 Å². The molecule has 1 fully saturated rings. The van der Waals surface area contributed by atoms with Gasteiger partial charge in [-0.05, 0) is 55.7 Å². The van der Waals surface area contributed by atoms with Crippen molar-refractivity contribution in [2.24, 2.45) is 0 Å². The van der Waals surface area contributed by atoms with Crippen molar-refractivity contribution in [1.29, 1.82) is 0 Å². The number of anilines is 1. The zero-order chi connectivity index (χ0) is 27.6. The molecule has 11 heteroatoms. The van der Waals surface area contributed by atoms with E-state index in [1.807, 2.05) is 18.7 Å². The smallest absolute Gasteiger partial charge is 0.373 e. The lowest BCUT2D eigenvalue weighted by Gasteiger charge is -2.35. The van der Waals surface area contributed by atoms with E-state index in [0.717, 1.165) is 6.07 Å². The Bertz CT molecular complexity index is 1560. The molecular weight excluding hydrogens is 509 g/mol. The summed E-state index contributed by atoms with van der Waals surface area (Å²) in [5, 5.41) is 6.75. The molecule has 0 unspecified atom stereocenters. The summed E-state index contributed by atoms with van der Waals surface area (Å²) in [6.45, 7) is 5.02. The summed E-state index contributed by atoms with van der Waals surface area (Å²) in [5.41, 5.74) is 1.20. The summed E-state index contributed by atoms with van der Waals surface area (Å²) in [6, 6.07) is 8.94. The second-order valence-electron chi connectivity index (χ2n) is 9.42. The van der Waals surface area contributed by atoms with Gasteiger partial charge in [0.25, 0.3) is 5.91 Å². The number of morpholine rings is 1. The monoisotopic (exact) mass is 534 g/mol. The predicted molar refractivity (Wildman–Crippen MR) is 138 cm³/mol. The van der Waals surface area contributed by atoms with Crippen molar-refractivity contribution in [1.82, 2.24) is 24.5 Å². The van der Waals surface area contributed by atoms with Crippen molar-refractivity contribution in [3.8, 4) is 11.8 Å². The van der Waals surface area contributed by atoms with Crippen LogP contribution in [0.15, 0.2) is 61.2 Å². The minimum Gasteiger partial charge on any atom is -0.373 e. The number of aromatic nitrogens is 4. The largest absolute Gasteiger partial charge is 0.416 e. The second kappa shape index (κ2) is 10.8. The Kier molecular flexibility index (Phi) is 7.32. The first-order chi connectivity index (χ1) is 18.7. The van der Waals surface area contributed by atoms with Gasteiger partial charge in [0.2, 0.25) is 0 Å². The number of alkyl halides is 3. The standard InChI is InChI=1S/C28H25F3N6O2/c1-18-15-36(16-19(2)39-18)17-21-6-7-23(11-25(21)28(29,30)31)35-27(38)22-10-20(12-32-13-22)5-8-24-14-33-26-4-3-9-34-37(24)26/h3-4,6-7,9-14,18-19H,15-17H2,1-2H3,(H,35,38)/t18-,19+. The summed E-state index contributed by atoms with van der Waals surface area (Å²) < 4.78 is 49.1. The van der Waals surface area contributed by atoms with Gasteiger partial charge in [-0.1, -0.05) is 12.0 Å². The number of amides is 1. The van der Waals surface area contributed by atoms with E-state index in [9.17, 15) is 18.0 Å². The number of pyridine rings is 1. The lowest BCUT2D eigenvalue weighted by atomic mass is 10.0. The molecule has 1 N–H and O–H groups in total. The van der Waals surface area contributed by atoms with E-state index in [-0.39, 0.29) is 35.6 Å². The SMILES string of the molecule is C[C@@H]1CN(Cc2ccc(NC(=O)c3cncc(C#Cc4cnc5cccnn45)c3)cc2C(F)(F)F)C[C@H](C)O1. The van der Waals surface area contributed by atoms with Crippen LogP contribution in [-0.2, 0) is 17.5 Å². The molecule has 2 atom stereocenters. The number of nitrogens with zero attached hydrogens (tertiary/aromatic N) is 5. The van der Waals surface area contributed by atoms with Crippen molar-refractivity contribution in [2.75, 3.05) is 18.4 Å². The van der Waals surface area contributed by atoms with Crippen LogP contribution in [0.5, 0.6) is 0 Å². The first-order valence-electron chi connectivity index (χ1n) is 12.3. The van der Waals surface area contributed by atoms with Crippen LogP contribution < -0.4 is 5.32 Å². The molecule has 39 heavy (non-hydrogen) atoms. The fourth-order valence-electron chi connectivity index (χ4n) is 4.60. The number of hydrogen-bond acceptors (Lipinski definition) is 6. The number of halogens is 3. The third-order valence-corrected chi connectivity index (χ3v) is 6.18. The maximum absolute atomic E-state index is 14.0. The number of fused-ring (bicyclic) bond motifs is 1. The van der Waals surface area contributed by atoms with Crippen LogP contribution in [0.3, 0.4) is 0 Å². The van der Waals surface area contributed by atoms with Gasteiger partial charge < -0.3 is 10.1 Å². The molecule has 1 aliphatic heterocycles. The van der Waals surface area contributed by atoms with Crippen molar-refractivity contribution in [3.63, 3.8) is 0 Å². The number of ether oxygens (including phenoxy) is 1. The van der Waals surface area contributed by atoms with Crippen LogP contribution in [0.25, 0.3) is 5.65 Å². The first kappa shape index (κ1) is 26.3. The molecule has 3 aromatic heterocycles. The molecule has 0 saturated carbocycles. The van der Waals surface area contributed by atoms with E-state index < -0.39 is 17.6 Å². The van der Waals surface area contributed by atoms with Crippen LogP contribution in [0, 0.1) is 11.8 Å². The minimum absolute atomic E-state index is 0.0353. The van der Waals surface area contributed by atoms with E-state index in [1.54, 1.807) is 29.0 Å².